The average Bonchev–Trinajstić information content (AvgIpc) is 3.47. The number of carbonyl (C=O) groups excluding carboxylic acids is 3. The first-order chi connectivity index (χ1) is 21.1. The van der Waals surface area contributed by atoms with E-state index in [9.17, 15) is 24.8 Å². The Hall–Kier alpha value is -3.99. The molecule has 2 aromatic rings. The van der Waals surface area contributed by atoms with Crippen molar-refractivity contribution in [2.24, 2.45) is 0 Å². The van der Waals surface area contributed by atoms with E-state index in [4.69, 9.17) is 18.9 Å². The Morgan fingerprint density at radius 1 is 1.18 bits per heavy atom. The topological polar surface area (TPSA) is 151 Å². The Bertz CT molecular complexity index is 1690. The number of phenolic OH excluding ortho intramolecular Hbond substituents is 1. The number of ether oxygens (including phenoxy) is 4. The summed E-state index contributed by atoms with van der Waals surface area (Å²) in [5.74, 6) is -0.292. The summed E-state index contributed by atoms with van der Waals surface area (Å²) in [7, 11) is 3.47. The number of likely N-dealkylation sites (N-methyl/N-ethyl adjacent to an activating group) is 1. The highest BCUT2D eigenvalue weighted by Gasteiger charge is 2.60. The Kier molecular flexibility index (Phi) is 6.73. The number of aromatic hydroxyl groups is 1. The minimum absolute atomic E-state index is 0.00122. The molecule has 7 rings (SSSR count). The SMILES string of the molecule is COc1c(C)cc2c(c1O)[C@H]1C3[C@@H]4SCC(=O)C(=O)NC[C@H](c5c6c(c(C)c(OC(C)=O)c54)OCO6)N3[C@@H](C#N)[C@H](C2)N1C. The zero-order valence-electron chi connectivity index (χ0n) is 24.9. The first kappa shape index (κ1) is 28.8. The van der Waals surface area contributed by atoms with Gasteiger partial charge in [0.05, 0.1) is 36.3 Å². The highest BCUT2D eigenvalue weighted by Crippen LogP contribution is 2.63. The number of Topliss-reactive ketones (excluding diaryl/α,β-unsaturated/α-hetero) is 1. The van der Waals surface area contributed by atoms with Gasteiger partial charge in [-0.05, 0) is 38.4 Å². The summed E-state index contributed by atoms with van der Waals surface area (Å²) >= 11 is 1.26. The number of rotatable bonds is 2. The van der Waals surface area contributed by atoms with Gasteiger partial charge >= 0.3 is 5.97 Å². The van der Waals surface area contributed by atoms with Crippen LogP contribution in [-0.4, -0.2) is 83.9 Å². The molecule has 5 aliphatic heterocycles. The third-order valence-corrected chi connectivity index (χ3v) is 11.0. The maximum Gasteiger partial charge on any atom is 0.308 e. The monoisotopic (exact) mass is 620 g/mol. The van der Waals surface area contributed by atoms with E-state index in [1.165, 1.54) is 25.8 Å². The van der Waals surface area contributed by atoms with E-state index in [2.05, 4.69) is 21.2 Å². The van der Waals surface area contributed by atoms with Crippen molar-refractivity contribution >= 4 is 29.4 Å². The number of aryl methyl sites for hydroxylation is 1. The number of hydrogen-bond donors (Lipinski definition) is 2. The molecule has 0 radical (unpaired) electrons. The van der Waals surface area contributed by atoms with Crippen molar-refractivity contribution in [3.63, 3.8) is 0 Å². The number of phenols is 1. The molecule has 0 saturated carbocycles. The molecule has 0 spiro atoms. The number of nitriles is 1. The van der Waals surface area contributed by atoms with Crippen LogP contribution in [0.5, 0.6) is 28.7 Å². The van der Waals surface area contributed by atoms with E-state index in [1.807, 2.05) is 20.0 Å². The third-order valence-electron chi connectivity index (χ3n) is 9.65. The van der Waals surface area contributed by atoms with Crippen molar-refractivity contribution in [1.82, 2.24) is 15.1 Å². The molecular weight excluding hydrogens is 588 g/mol. The molecule has 1 amide bonds. The highest BCUT2D eigenvalue weighted by molar-refractivity contribution is 8.00. The highest BCUT2D eigenvalue weighted by atomic mass is 32.2. The van der Waals surface area contributed by atoms with Crippen LogP contribution in [0.2, 0.25) is 0 Å². The second kappa shape index (κ2) is 10.3. The number of nitrogens with one attached hydrogen (secondary N) is 1. The maximum atomic E-state index is 13.0. The van der Waals surface area contributed by atoms with E-state index in [0.717, 1.165) is 11.1 Å². The molecule has 5 heterocycles. The van der Waals surface area contributed by atoms with Gasteiger partial charge in [0.25, 0.3) is 5.91 Å². The van der Waals surface area contributed by atoms with Crippen LogP contribution in [-0.2, 0) is 20.8 Å². The molecule has 6 atom stereocenters. The average molecular weight is 621 g/mol. The molecule has 230 valence electrons. The minimum atomic E-state index is -0.699. The summed E-state index contributed by atoms with van der Waals surface area (Å²) < 4.78 is 23.5. The van der Waals surface area contributed by atoms with Gasteiger partial charge in [0.15, 0.2) is 23.0 Å². The summed E-state index contributed by atoms with van der Waals surface area (Å²) in [6, 6.07) is 2.10. The number of benzene rings is 2. The summed E-state index contributed by atoms with van der Waals surface area (Å²) in [6.45, 7) is 4.96. The number of ketones is 1. The Labute approximate surface area is 258 Å². The van der Waals surface area contributed by atoms with Crippen LogP contribution < -0.4 is 24.3 Å². The Morgan fingerprint density at radius 3 is 2.64 bits per heavy atom. The summed E-state index contributed by atoms with van der Waals surface area (Å²) in [5.41, 5.74) is 4.33. The maximum absolute atomic E-state index is 13.0. The molecule has 2 N–H and O–H groups in total. The predicted molar refractivity (Wildman–Crippen MR) is 157 cm³/mol. The zero-order valence-corrected chi connectivity index (χ0v) is 25.7. The molecular formula is C31H32N4O8S. The predicted octanol–water partition coefficient (Wildman–Crippen LogP) is 2.37. The van der Waals surface area contributed by atoms with Gasteiger partial charge in [0.1, 0.15) is 11.8 Å². The van der Waals surface area contributed by atoms with E-state index < -0.39 is 47.1 Å². The first-order valence-electron chi connectivity index (χ1n) is 14.4. The van der Waals surface area contributed by atoms with Gasteiger partial charge in [-0.2, -0.15) is 5.26 Å². The van der Waals surface area contributed by atoms with Gasteiger partial charge in [0, 0.05) is 47.8 Å². The molecule has 4 bridgehead atoms. The number of thioether (sulfide) groups is 1. The van der Waals surface area contributed by atoms with Crippen LogP contribution in [0.4, 0.5) is 0 Å². The minimum Gasteiger partial charge on any atom is -0.504 e. The molecule has 5 aliphatic rings. The zero-order chi connectivity index (χ0) is 31.2. The van der Waals surface area contributed by atoms with Gasteiger partial charge in [0.2, 0.25) is 12.6 Å². The molecule has 13 heteroatoms. The van der Waals surface area contributed by atoms with Gasteiger partial charge in [-0.15, -0.1) is 11.8 Å². The number of carbonyl (C=O) groups is 3. The fourth-order valence-electron chi connectivity index (χ4n) is 7.99. The fraction of sp³-hybridized carbons (Fsp3) is 0.484. The van der Waals surface area contributed by atoms with Crippen molar-refractivity contribution < 1.29 is 38.4 Å². The van der Waals surface area contributed by atoms with Crippen LogP contribution in [0.1, 0.15) is 57.6 Å². The van der Waals surface area contributed by atoms with Crippen LogP contribution in [0, 0.1) is 25.2 Å². The van der Waals surface area contributed by atoms with Crippen LogP contribution in [0.15, 0.2) is 6.07 Å². The lowest BCUT2D eigenvalue weighted by Crippen LogP contribution is -2.69. The number of piperazine rings is 1. The van der Waals surface area contributed by atoms with Crippen molar-refractivity contribution in [2.75, 3.05) is 33.2 Å². The molecule has 2 aromatic carbocycles. The molecule has 44 heavy (non-hydrogen) atoms. The van der Waals surface area contributed by atoms with Crippen molar-refractivity contribution in [1.29, 1.82) is 5.26 Å². The molecule has 1 unspecified atom stereocenters. The Balaban J connectivity index is 1.57. The van der Waals surface area contributed by atoms with Crippen LogP contribution in [0.25, 0.3) is 0 Å². The Morgan fingerprint density at radius 2 is 1.93 bits per heavy atom. The van der Waals surface area contributed by atoms with E-state index in [-0.39, 0.29) is 30.9 Å². The van der Waals surface area contributed by atoms with Crippen LogP contribution >= 0.6 is 11.8 Å². The van der Waals surface area contributed by atoms with Crippen molar-refractivity contribution in [3.05, 3.63) is 39.4 Å². The van der Waals surface area contributed by atoms with E-state index in [0.29, 0.717) is 51.7 Å². The summed E-state index contributed by atoms with van der Waals surface area (Å²) in [5, 5.41) is 24.7. The van der Waals surface area contributed by atoms with Crippen molar-refractivity contribution in [3.8, 4) is 34.8 Å². The third kappa shape index (κ3) is 3.87. The second-order valence-electron chi connectivity index (χ2n) is 11.9. The second-order valence-corrected chi connectivity index (χ2v) is 13.0. The number of nitrogens with zero attached hydrogens (tertiary/aromatic N) is 3. The number of methoxy groups -OCH3 is 1. The standard InChI is InChI=1S/C31H32N4O8S/c1-12-6-15-7-16-17(8-32)35-18-9-33-31(39)19(37)10-44-30(24(35)23(34(16)4)20(15)25(38)26(12)40-5)22-21(18)29-28(41-11-42-29)13(2)27(22)43-14(3)36/h6,16-18,23-24,30,38H,7,9-11H2,1-5H3,(H,33,39)/t16-,17-,18+,23-,24?,30+/m0/s1. The molecule has 0 aromatic heterocycles. The van der Waals surface area contributed by atoms with Crippen LogP contribution in [0.3, 0.4) is 0 Å². The number of amides is 1. The van der Waals surface area contributed by atoms with Crippen molar-refractivity contribution in [2.45, 2.75) is 62.7 Å². The van der Waals surface area contributed by atoms with Gasteiger partial charge in [-0.1, -0.05) is 6.07 Å². The first-order valence-corrected chi connectivity index (χ1v) is 15.5. The van der Waals surface area contributed by atoms with Gasteiger partial charge < -0.3 is 29.4 Å². The number of esters is 1. The molecule has 2 saturated heterocycles. The quantitative estimate of drug-likeness (QED) is 0.288. The van der Waals surface area contributed by atoms with Gasteiger partial charge in [-0.3, -0.25) is 24.2 Å². The molecule has 0 aliphatic carbocycles. The summed E-state index contributed by atoms with van der Waals surface area (Å²) in [4.78, 5) is 42.6. The number of fused-ring (bicyclic) bond motifs is 9. The lowest BCUT2D eigenvalue weighted by molar-refractivity contribution is -0.137. The fourth-order valence-corrected chi connectivity index (χ4v) is 9.34. The number of hydrogen-bond acceptors (Lipinski definition) is 12. The van der Waals surface area contributed by atoms with Gasteiger partial charge in [-0.25, -0.2) is 0 Å². The lowest BCUT2D eigenvalue weighted by atomic mass is 9.71. The van der Waals surface area contributed by atoms with E-state index in [1.54, 1.807) is 6.92 Å². The van der Waals surface area contributed by atoms with E-state index >= 15 is 0 Å². The normalized spacial score (nSPS) is 28.7. The largest absolute Gasteiger partial charge is 0.504 e. The summed E-state index contributed by atoms with van der Waals surface area (Å²) in [6.07, 6.45) is 0.509. The molecule has 2 fully saturated rings. The molecule has 12 nitrogen and oxygen atoms in total. The lowest BCUT2D eigenvalue weighted by Gasteiger charge is -2.61. The smallest absolute Gasteiger partial charge is 0.308 e.